The van der Waals surface area contributed by atoms with E-state index in [4.69, 9.17) is 0 Å². The Morgan fingerprint density at radius 2 is 1.80 bits per heavy atom. The predicted molar refractivity (Wildman–Crippen MR) is 47.9 cm³/mol. The van der Waals surface area contributed by atoms with Gasteiger partial charge in [0.25, 0.3) is 0 Å². The normalized spacial score (nSPS) is 11.0. The lowest BCUT2D eigenvalue weighted by Crippen LogP contribution is -1.75. The van der Waals surface area contributed by atoms with Crippen molar-refractivity contribution in [3.05, 3.63) is 19.1 Å². The zero-order valence-electron chi connectivity index (χ0n) is 7.10. The van der Waals surface area contributed by atoms with Gasteiger partial charge < -0.3 is 0 Å². The van der Waals surface area contributed by atoms with Crippen molar-refractivity contribution in [3.8, 4) is 0 Å². The van der Waals surface area contributed by atoms with Crippen LogP contribution in [0.5, 0.6) is 0 Å². The van der Waals surface area contributed by atoms with Gasteiger partial charge in [0.1, 0.15) is 0 Å². The summed E-state index contributed by atoms with van der Waals surface area (Å²) in [5.41, 5.74) is 0. The molecule has 10 heavy (non-hydrogen) atoms. The molecule has 1 radical (unpaired) electrons. The molecule has 0 saturated carbocycles. The molecule has 0 aromatic rings. The molecule has 0 rings (SSSR count). The van der Waals surface area contributed by atoms with Crippen LogP contribution in [0.15, 0.2) is 12.2 Å². The van der Waals surface area contributed by atoms with E-state index in [0.717, 1.165) is 6.42 Å². The molecule has 0 fully saturated rings. The summed E-state index contributed by atoms with van der Waals surface area (Å²) in [5.74, 6) is 0. The molecule has 0 amide bonds. The molecule has 0 N–H and O–H groups in total. The summed E-state index contributed by atoms with van der Waals surface area (Å²) in [6.07, 6.45) is 12.1. The minimum Gasteiger partial charge on any atom is -0.0917 e. The molecule has 0 aliphatic rings. The predicted octanol–water partition coefficient (Wildman–Crippen LogP) is 3.74. The quantitative estimate of drug-likeness (QED) is 0.388. The Balaban J connectivity index is 2.77. The van der Waals surface area contributed by atoms with Crippen molar-refractivity contribution in [2.75, 3.05) is 0 Å². The van der Waals surface area contributed by atoms with Gasteiger partial charge in [-0.2, -0.15) is 0 Å². The summed E-state index contributed by atoms with van der Waals surface area (Å²) in [7, 11) is 0. The number of hydrogen-bond acceptors (Lipinski definition) is 0. The van der Waals surface area contributed by atoms with Gasteiger partial charge in [0, 0.05) is 0 Å². The molecule has 0 aromatic carbocycles. The lowest BCUT2D eigenvalue weighted by Gasteiger charge is -1.94. The van der Waals surface area contributed by atoms with Crippen LogP contribution in [0.4, 0.5) is 0 Å². The maximum absolute atomic E-state index is 3.81. The van der Waals surface area contributed by atoms with Gasteiger partial charge in [-0.15, -0.1) is 0 Å². The topological polar surface area (TPSA) is 0 Å². The first-order chi connectivity index (χ1) is 4.91. The van der Waals surface area contributed by atoms with E-state index in [1.807, 2.05) is 0 Å². The molecular formula is C10H19. The van der Waals surface area contributed by atoms with Gasteiger partial charge in [0.05, 0.1) is 0 Å². The lowest BCUT2D eigenvalue weighted by atomic mass is 10.1. The molecule has 0 atom stereocenters. The summed E-state index contributed by atoms with van der Waals surface area (Å²) in [5, 5.41) is 0. The number of hydrogen-bond donors (Lipinski definition) is 0. The van der Waals surface area contributed by atoms with Crippen LogP contribution in [0.2, 0.25) is 0 Å². The molecule has 0 nitrogen and oxygen atoms in total. The number of rotatable bonds is 6. The van der Waals surface area contributed by atoms with Crippen molar-refractivity contribution in [3.63, 3.8) is 0 Å². The second-order valence-electron chi connectivity index (χ2n) is 2.63. The van der Waals surface area contributed by atoms with Crippen LogP contribution in [0.25, 0.3) is 0 Å². The average molecular weight is 139 g/mol. The first-order valence-electron chi connectivity index (χ1n) is 4.32. The Bertz CT molecular complexity index is 72.1. The van der Waals surface area contributed by atoms with Gasteiger partial charge in [0.15, 0.2) is 0 Å². The summed E-state index contributed by atoms with van der Waals surface area (Å²) in [4.78, 5) is 0. The molecule has 0 heteroatoms. The van der Waals surface area contributed by atoms with Crippen molar-refractivity contribution >= 4 is 0 Å². The van der Waals surface area contributed by atoms with E-state index in [2.05, 4.69) is 26.0 Å². The van der Waals surface area contributed by atoms with Crippen molar-refractivity contribution in [1.29, 1.82) is 0 Å². The molecule has 59 valence electrons. The molecule has 0 unspecified atom stereocenters. The van der Waals surface area contributed by atoms with E-state index >= 15 is 0 Å². The standard InChI is InChI=1S/C10H19/c1-3-5-7-9-10-8-6-4-2/h4,6H,1,3,5,7-10H2,2H3/b6-4+. The fraction of sp³-hybridized carbons (Fsp3) is 0.700. The van der Waals surface area contributed by atoms with E-state index < -0.39 is 0 Å². The average Bonchev–Trinajstić information content (AvgIpc) is 1.97. The Labute approximate surface area is 65.3 Å². The molecule has 0 aliphatic carbocycles. The molecule has 0 saturated heterocycles. The summed E-state index contributed by atoms with van der Waals surface area (Å²) >= 11 is 0. The fourth-order valence-corrected chi connectivity index (χ4v) is 0.959. The second-order valence-corrected chi connectivity index (χ2v) is 2.63. The number of unbranched alkanes of at least 4 members (excludes halogenated alkanes) is 5. The highest BCUT2D eigenvalue weighted by atomic mass is 13.9. The van der Waals surface area contributed by atoms with Gasteiger partial charge in [-0.3, -0.25) is 0 Å². The Morgan fingerprint density at radius 3 is 2.40 bits per heavy atom. The van der Waals surface area contributed by atoms with E-state index in [9.17, 15) is 0 Å². The zero-order valence-corrected chi connectivity index (χ0v) is 7.10. The molecular weight excluding hydrogens is 120 g/mol. The van der Waals surface area contributed by atoms with E-state index in [1.54, 1.807) is 0 Å². The Kier molecular flexibility index (Phi) is 8.51. The minimum absolute atomic E-state index is 1.10. The third kappa shape index (κ3) is 7.74. The van der Waals surface area contributed by atoms with Crippen LogP contribution in [-0.2, 0) is 0 Å². The molecule has 0 heterocycles. The fourth-order valence-electron chi connectivity index (χ4n) is 0.959. The zero-order chi connectivity index (χ0) is 7.66. The largest absolute Gasteiger partial charge is 0.0917 e. The monoisotopic (exact) mass is 139 g/mol. The summed E-state index contributed by atoms with van der Waals surface area (Å²) in [6.45, 7) is 5.88. The maximum atomic E-state index is 3.81. The van der Waals surface area contributed by atoms with Gasteiger partial charge in [0.2, 0.25) is 0 Å². The van der Waals surface area contributed by atoms with Crippen LogP contribution in [0.3, 0.4) is 0 Å². The van der Waals surface area contributed by atoms with Crippen LogP contribution >= 0.6 is 0 Å². The molecule has 0 aromatic heterocycles. The summed E-state index contributed by atoms with van der Waals surface area (Å²) in [6, 6.07) is 0. The summed E-state index contributed by atoms with van der Waals surface area (Å²) < 4.78 is 0. The van der Waals surface area contributed by atoms with Gasteiger partial charge >= 0.3 is 0 Å². The highest BCUT2D eigenvalue weighted by molar-refractivity contribution is 4.76. The lowest BCUT2D eigenvalue weighted by molar-refractivity contribution is 0.651. The van der Waals surface area contributed by atoms with Crippen molar-refractivity contribution in [2.24, 2.45) is 0 Å². The Hall–Kier alpha value is -0.260. The number of allylic oxidation sites excluding steroid dienone is 2. The molecule has 0 bridgehead atoms. The Morgan fingerprint density at radius 1 is 1.10 bits per heavy atom. The second kappa shape index (κ2) is 8.74. The van der Waals surface area contributed by atoms with E-state index in [-0.39, 0.29) is 0 Å². The maximum Gasteiger partial charge on any atom is -0.0351 e. The molecule has 0 aliphatic heterocycles. The van der Waals surface area contributed by atoms with Crippen molar-refractivity contribution in [1.82, 2.24) is 0 Å². The van der Waals surface area contributed by atoms with Gasteiger partial charge in [-0.25, -0.2) is 0 Å². The first-order valence-corrected chi connectivity index (χ1v) is 4.32. The SMILES string of the molecule is [CH2]CCCCCC/C=C/C. The van der Waals surface area contributed by atoms with Crippen LogP contribution in [-0.4, -0.2) is 0 Å². The van der Waals surface area contributed by atoms with E-state index in [0.29, 0.717) is 0 Å². The van der Waals surface area contributed by atoms with Gasteiger partial charge in [-0.05, 0) is 19.8 Å². The third-order valence-corrected chi connectivity index (χ3v) is 1.61. The highest BCUT2D eigenvalue weighted by Crippen LogP contribution is 2.04. The van der Waals surface area contributed by atoms with Crippen molar-refractivity contribution < 1.29 is 0 Å². The van der Waals surface area contributed by atoms with Crippen LogP contribution < -0.4 is 0 Å². The minimum atomic E-state index is 1.10. The third-order valence-electron chi connectivity index (χ3n) is 1.61. The van der Waals surface area contributed by atoms with Gasteiger partial charge in [-0.1, -0.05) is 44.8 Å². The van der Waals surface area contributed by atoms with E-state index in [1.165, 1.54) is 32.1 Å². The van der Waals surface area contributed by atoms with Crippen LogP contribution in [0.1, 0.15) is 45.4 Å². The first kappa shape index (κ1) is 9.74. The van der Waals surface area contributed by atoms with Crippen LogP contribution in [0, 0.1) is 6.92 Å². The smallest absolute Gasteiger partial charge is 0.0351 e. The molecule has 0 spiro atoms. The van der Waals surface area contributed by atoms with Crippen molar-refractivity contribution in [2.45, 2.75) is 45.4 Å². The highest BCUT2D eigenvalue weighted by Gasteiger charge is 1.85.